The topological polar surface area (TPSA) is 100 Å². The van der Waals surface area contributed by atoms with Crippen LogP contribution in [0.3, 0.4) is 0 Å². The highest BCUT2D eigenvalue weighted by Crippen LogP contribution is 2.21. The number of nitrogens with zero attached hydrogens (tertiary/aromatic N) is 3. The Labute approximate surface area is 122 Å². The number of H-pyrrole nitrogens is 2. The van der Waals surface area contributed by atoms with E-state index in [2.05, 4.69) is 25.3 Å². The molecule has 21 heavy (non-hydrogen) atoms. The van der Waals surface area contributed by atoms with Crippen molar-refractivity contribution < 1.29 is 8.91 Å². The fraction of sp³-hybridized carbons (Fsp3) is 0.167. The maximum absolute atomic E-state index is 13.2. The summed E-state index contributed by atoms with van der Waals surface area (Å²) < 4.78 is 18.3. The molecule has 0 bridgehead atoms. The largest absolute Gasteiger partial charge is 0.341 e. The molecule has 0 saturated heterocycles. The van der Waals surface area contributed by atoms with E-state index in [1.54, 1.807) is 19.1 Å². The lowest BCUT2D eigenvalue weighted by Crippen LogP contribution is -2.00. The van der Waals surface area contributed by atoms with E-state index in [-0.39, 0.29) is 11.5 Å². The molecule has 9 heteroatoms. The second-order valence-electron chi connectivity index (χ2n) is 4.25. The van der Waals surface area contributed by atoms with Gasteiger partial charge in [-0.25, -0.2) is 14.3 Å². The van der Waals surface area contributed by atoms with Gasteiger partial charge < -0.3 is 4.52 Å². The highest BCUT2D eigenvalue weighted by atomic mass is 32.2. The molecule has 3 aromatic rings. The zero-order valence-corrected chi connectivity index (χ0v) is 11.7. The molecule has 0 spiro atoms. The van der Waals surface area contributed by atoms with Gasteiger partial charge in [0, 0.05) is 5.56 Å². The van der Waals surface area contributed by atoms with E-state index in [1.807, 2.05) is 0 Å². The number of aryl methyl sites for hydroxylation is 1. The summed E-state index contributed by atoms with van der Waals surface area (Å²) in [6, 6.07) is 4.61. The number of rotatable bonds is 4. The number of aromatic amines is 2. The third kappa shape index (κ3) is 3.02. The van der Waals surface area contributed by atoms with E-state index in [0.29, 0.717) is 33.8 Å². The quantitative estimate of drug-likeness (QED) is 0.714. The summed E-state index contributed by atoms with van der Waals surface area (Å²) in [7, 11) is 0. The lowest BCUT2D eigenvalue weighted by Gasteiger charge is -1.97. The molecule has 108 valence electrons. The summed E-state index contributed by atoms with van der Waals surface area (Å²) in [5.41, 5.74) is 0.829. The maximum Gasteiger partial charge on any atom is 0.341 e. The molecule has 0 aliphatic heterocycles. The summed E-state index contributed by atoms with van der Waals surface area (Å²) in [6.07, 6.45) is 0. The number of nitrogens with one attached hydrogen (secondary N) is 2. The molecule has 0 unspecified atom stereocenters. The molecule has 0 aliphatic carbocycles. The van der Waals surface area contributed by atoms with Crippen molar-refractivity contribution in [3.05, 3.63) is 46.0 Å². The minimum Gasteiger partial charge on any atom is -0.338 e. The molecule has 0 atom stereocenters. The zero-order valence-electron chi connectivity index (χ0n) is 10.9. The predicted molar refractivity (Wildman–Crippen MR) is 73.2 cm³/mol. The Bertz CT molecular complexity index is 825. The molecular formula is C12H10FN5O2S. The van der Waals surface area contributed by atoms with Crippen molar-refractivity contribution >= 4 is 11.8 Å². The highest BCUT2D eigenvalue weighted by Gasteiger charge is 2.11. The van der Waals surface area contributed by atoms with Gasteiger partial charge in [0.05, 0.1) is 5.75 Å². The van der Waals surface area contributed by atoms with Gasteiger partial charge in [-0.2, -0.15) is 4.98 Å². The molecule has 0 saturated carbocycles. The van der Waals surface area contributed by atoms with Crippen LogP contribution in [0.4, 0.5) is 4.39 Å². The predicted octanol–water partition coefficient (Wildman–Crippen LogP) is 1.89. The monoisotopic (exact) mass is 307 g/mol. The number of benzene rings is 1. The first-order chi connectivity index (χ1) is 10.1. The molecule has 0 amide bonds. The van der Waals surface area contributed by atoms with Gasteiger partial charge >= 0.3 is 5.69 Å². The third-order valence-electron chi connectivity index (χ3n) is 2.70. The van der Waals surface area contributed by atoms with Crippen molar-refractivity contribution in [2.45, 2.75) is 17.8 Å². The Morgan fingerprint density at radius 2 is 2.29 bits per heavy atom. The molecule has 2 aromatic heterocycles. The fourth-order valence-corrected chi connectivity index (χ4v) is 2.32. The molecule has 2 heterocycles. The number of aromatic nitrogens is 5. The van der Waals surface area contributed by atoms with Crippen molar-refractivity contribution in [3.63, 3.8) is 0 Å². The van der Waals surface area contributed by atoms with Gasteiger partial charge in [-0.05, 0) is 30.7 Å². The Kier molecular flexibility index (Phi) is 3.57. The van der Waals surface area contributed by atoms with Gasteiger partial charge in [0.15, 0.2) is 5.16 Å². The van der Waals surface area contributed by atoms with Gasteiger partial charge in [0.2, 0.25) is 11.7 Å². The summed E-state index contributed by atoms with van der Waals surface area (Å²) in [5.74, 6) is 0.874. The van der Waals surface area contributed by atoms with Crippen LogP contribution in [0.15, 0.2) is 32.7 Å². The third-order valence-corrected chi connectivity index (χ3v) is 3.55. The van der Waals surface area contributed by atoms with Crippen LogP contribution in [0.5, 0.6) is 0 Å². The molecule has 2 N–H and O–H groups in total. The SMILES string of the molecule is Cc1cc(-c2noc(CSc3n[nH]c(=O)[nH]3)n2)ccc1F. The van der Waals surface area contributed by atoms with Crippen molar-refractivity contribution in [2.24, 2.45) is 0 Å². The lowest BCUT2D eigenvalue weighted by molar-refractivity contribution is 0.391. The van der Waals surface area contributed by atoms with Crippen LogP contribution in [0.1, 0.15) is 11.5 Å². The standard InChI is InChI=1S/C12H10FN5O2S/c1-6-4-7(2-3-8(6)13)10-14-9(20-18-10)5-21-12-15-11(19)16-17-12/h2-4H,5H2,1H3,(H2,15,16,17,19). The van der Waals surface area contributed by atoms with Crippen LogP contribution in [0.2, 0.25) is 0 Å². The maximum atomic E-state index is 13.2. The average Bonchev–Trinajstić information content (AvgIpc) is 3.08. The Balaban J connectivity index is 1.73. The van der Waals surface area contributed by atoms with Gasteiger partial charge in [0.1, 0.15) is 5.82 Å². The first-order valence-corrected chi connectivity index (χ1v) is 6.97. The van der Waals surface area contributed by atoms with Crippen LogP contribution in [0.25, 0.3) is 11.4 Å². The molecule has 7 nitrogen and oxygen atoms in total. The number of hydrogen-bond donors (Lipinski definition) is 2. The van der Waals surface area contributed by atoms with Gasteiger partial charge in [-0.3, -0.25) is 4.98 Å². The van der Waals surface area contributed by atoms with Crippen LogP contribution >= 0.6 is 11.8 Å². The van der Waals surface area contributed by atoms with E-state index in [0.717, 1.165) is 0 Å². The number of halogens is 1. The van der Waals surface area contributed by atoms with E-state index in [9.17, 15) is 9.18 Å². The first kappa shape index (κ1) is 13.6. The summed E-state index contributed by atoms with van der Waals surface area (Å²) >= 11 is 1.25. The van der Waals surface area contributed by atoms with E-state index in [1.165, 1.54) is 17.8 Å². The Hall–Kier alpha value is -2.42. The Morgan fingerprint density at radius 3 is 3.00 bits per heavy atom. The van der Waals surface area contributed by atoms with Crippen LogP contribution in [0, 0.1) is 12.7 Å². The summed E-state index contributed by atoms with van der Waals surface area (Å²) in [6.45, 7) is 1.67. The number of thioether (sulfide) groups is 1. The second kappa shape index (κ2) is 5.52. The number of hydrogen-bond acceptors (Lipinski definition) is 6. The average molecular weight is 307 g/mol. The Morgan fingerprint density at radius 1 is 1.43 bits per heavy atom. The van der Waals surface area contributed by atoms with Crippen molar-refractivity contribution in [3.8, 4) is 11.4 Å². The summed E-state index contributed by atoms with van der Waals surface area (Å²) in [4.78, 5) is 17.6. The van der Waals surface area contributed by atoms with Gasteiger partial charge in [-0.1, -0.05) is 16.9 Å². The molecule has 3 rings (SSSR count). The molecule has 1 aromatic carbocycles. The zero-order chi connectivity index (χ0) is 14.8. The van der Waals surface area contributed by atoms with Gasteiger partial charge in [-0.15, -0.1) is 5.10 Å². The van der Waals surface area contributed by atoms with Crippen molar-refractivity contribution in [1.82, 2.24) is 25.3 Å². The van der Waals surface area contributed by atoms with Crippen LogP contribution < -0.4 is 5.69 Å². The van der Waals surface area contributed by atoms with Gasteiger partial charge in [0.25, 0.3) is 0 Å². The lowest BCUT2D eigenvalue weighted by atomic mass is 10.1. The molecular weight excluding hydrogens is 297 g/mol. The second-order valence-corrected chi connectivity index (χ2v) is 5.21. The fourth-order valence-electron chi connectivity index (χ4n) is 1.67. The normalized spacial score (nSPS) is 11.0. The minimum absolute atomic E-state index is 0.277. The summed E-state index contributed by atoms with van der Waals surface area (Å²) in [5, 5.41) is 10.3. The highest BCUT2D eigenvalue weighted by molar-refractivity contribution is 7.98. The molecule has 0 radical (unpaired) electrons. The van der Waals surface area contributed by atoms with Crippen molar-refractivity contribution in [1.29, 1.82) is 0 Å². The molecule has 0 fully saturated rings. The molecule has 0 aliphatic rings. The van der Waals surface area contributed by atoms with Crippen LogP contribution in [-0.2, 0) is 5.75 Å². The van der Waals surface area contributed by atoms with E-state index < -0.39 is 0 Å². The smallest absolute Gasteiger partial charge is 0.338 e. The van der Waals surface area contributed by atoms with Crippen LogP contribution in [-0.4, -0.2) is 25.3 Å². The minimum atomic E-state index is -0.370. The van der Waals surface area contributed by atoms with E-state index in [4.69, 9.17) is 4.52 Å². The van der Waals surface area contributed by atoms with Crippen molar-refractivity contribution in [2.75, 3.05) is 0 Å². The van der Waals surface area contributed by atoms with E-state index >= 15 is 0 Å². The first-order valence-electron chi connectivity index (χ1n) is 5.98.